The first-order valence-electron chi connectivity index (χ1n) is 7.34. The van der Waals surface area contributed by atoms with Gasteiger partial charge in [-0.25, -0.2) is 5.43 Å². The lowest BCUT2D eigenvalue weighted by Crippen LogP contribution is -2.37. The Morgan fingerprint density at radius 2 is 1.96 bits per heavy atom. The summed E-state index contributed by atoms with van der Waals surface area (Å²) in [6.45, 7) is 8.38. The third-order valence-corrected chi connectivity index (χ3v) is 3.20. The Balaban J connectivity index is 2.81. The van der Waals surface area contributed by atoms with E-state index in [0.717, 1.165) is 0 Å². The molecule has 7 nitrogen and oxygen atoms in total. The highest BCUT2D eigenvalue weighted by Crippen LogP contribution is 2.36. The molecule has 0 bridgehead atoms. The number of carbonyl (C=O) groups is 2. The standard InChI is InChI=1S/C16H20BrN3O4/c1-4-7-18-15(21)16(22)20-19-10-11-8-12(17)14(24-6-3)13(9-11)23-5-2/h4,8-10H,1,5-7H2,2-3H3,(H,18,21)(H,20,22)/b19-10-. The molecule has 0 aliphatic heterocycles. The molecule has 0 saturated carbocycles. The maximum Gasteiger partial charge on any atom is 0.329 e. The van der Waals surface area contributed by atoms with E-state index in [4.69, 9.17) is 9.47 Å². The lowest BCUT2D eigenvalue weighted by Gasteiger charge is -2.13. The number of halogens is 1. The van der Waals surface area contributed by atoms with Crippen molar-refractivity contribution in [2.45, 2.75) is 13.8 Å². The van der Waals surface area contributed by atoms with E-state index < -0.39 is 11.8 Å². The van der Waals surface area contributed by atoms with Crippen molar-refractivity contribution in [2.75, 3.05) is 19.8 Å². The van der Waals surface area contributed by atoms with Crippen LogP contribution in [0, 0.1) is 0 Å². The predicted octanol–water partition coefficient (Wildman–Crippen LogP) is 2.00. The molecule has 1 rings (SSSR count). The minimum absolute atomic E-state index is 0.208. The Morgan fingerprint density at radius 3 is 2.58 bits per heavy atom. The number of hydrogen-bond acceptors (Lipinski definition) is 5. The van der Waals surface area contributed by atoms with Crippen LogP contribution < -0.4 is 20.2 Å². The van der Waals surface area contributed by atoms with Crippen molar-refractivity contribution in [2.24, 2.45) is 5.10 Å². The summed E-state index contributed by atoms with van der Waals surface area (Å²) >= 11 is 3.41. The molecule has 0 fully saturated rings. The molecule has 0 heterocycles. The average molecular weight is 398 g/mol. The van der Waals surface area contributed by atoms with Crippen LogP contribution >= 0.6 is 15.9 Å². The summed E-state index contributed by atoms with van der Waals surface area (Å²) in [7, 11) is 0. The van der Waals surface area contributed by atoms with Crippen molar-refractivity contribution < 1.29 is 19.1 Å². The van der Waals surface area contributed by atoms with E-state index in [9.17, 15) is 9.59 Å². The number of hydrazone groups is 1. The molecule has 8 heteroatoms. The fourth-order valence-corrected chi connectivity index (χ4v) is 2.25. The lowest BCUT2D eigenvalue weighted by molar-refractivity contribution is -0.139. The SMILES string of the molecule is C=CCNC(=O)C(=O)N/N=C\c1cc(Br)c(OCC)c(OCC)c1. The van der Waals surface area contributed by atoms with Crippen molar-refractivity contribution in [3.05, 3.63) is 34.8 Å². The highest BCUT2D eigenvalue weighted by molar-refractivity contribution is 9.10. The van der Waals surface area contributed by atoms with E-state index in [-0.39, 0.29) is 6.54 Å². The van der Waals surface area contributed by atoms with Gasteiger partial charge in [0.1, 0.15) is 0 Å². The fourth-order valence-electron chi connectivity index (χ4n) is 1.67. The Labute approximate surface area is 149 Å². The number of nitrogens with one attached hydrogen (secondary N) is 2. The van der Waals surface area contributed by atoms with Gasteiger partial charge in [0.2, 0.25) is 0 Å². The largest absolute Gasteiger partial charge is 0.490 e. The van der Waals surface area contributed by atoms with Gasteiger partial charge < -0.3 is 14.8 Å². The smallest absolute Gasteiger partial charge is 0.329 e. The maximum atomic E-state index is 11.5. The first kappa shape index (κ1) is 19.7. The molecule has 0 radical (unpaired) electrons. The zero-order valence-electron chi connectivity index (χ0n) is 13.6. The van der Waals surface area contributed by atoms with Crippen molar-refractivity contribution in [1.82, 2.24) is 10.7 Å². The number of benzene rings is 1. The average Bonchev–Trinajstić information content (AvgIpc) is 2.55. The maximum absolute atomic E-state index is 11.5. The molecule has 1 aromatic carbocycles. The molecule has 0 aromatic heterocycles. The minimum atomic E-state index is -0.858. The molecule has 0 spiro atoms. The van der Waals surface area contributed by atoms with Gasteiger partial charge in [-0.2, -0.15) is 5.10 Å². The van der Waals surface area contributed by atoms with Gasteiger partial charge in [0.25, 0.3) is 0 Å². The van der Waals surface area contributed by atoms with Crippen molar-refractivity contribution in [3.63, 3.8) is 0 Å². The number of nitrogens with zero attached hydrogens (tertiary/aromatic N) is 1. The molecule has 0 atom stereocenters. The van der Waals surface area contributed by atoms with Crippen LogP contribution in [0.4, 0.5) is 0 Å². The highest BCUT2D eigenvalue weighted by atomic mass is 79.9. The first-order valence-corrected chi connectivity index (χ1v) is 8.14. The van der Waals surface area contributed by atoms with Gasteiger partial charge in [0.05, 0.1) is 23.9 Å². The second-order valence-electron chi connectivity index (χ2n) is 4.39. The number of carbonyl (C=O) groups excluding carboxylic acids is 2. The molecular formula is C16H20BrN3O4. The van der Waals surface area contributed by atoms with Gasteiger partial charge in [-0.1, -0.05) is 6.08 Å². The Morgan fingerprint density at radius 1 is 1.25 bits per heavy atom. The second kappa shape index (κ2) is 10.4. The second-order valence-corrected chi connectivity index (χ2v) is 5.25. The van der Waals surface area contributed by atoms with Gasteiger partial charge in [0.15, 0.2) is 11.5 Å². The molecular weight excluding hydrogens is 378 g/mol. The van der Waals surface area contributed by atoms with E-state index >= 15 is 0 Å². The molecule has 2 N–H and O–H groups in total. The quantitative estimate of drug-likeness (QED) is 0.304. The number of hydrogen-bond donors (Lipinski definition) is 2. The van der Waals surface area contributed by atoms with E-state index in [0.29, 0.717) is 34.7 Å². The summed E-state index contributed by atoms with van der Waals surface area (Å²) in [6, 6.07) is 3.49. The summed E-state index contributed by atoms with van der Waals surface area (Å²) in [4.78, 5) is 22.9. The molecule has 24 heavy (non-hydrogen) atoms. The first-order chi connectivity index (χ1) is 11.5. The molecule has 0 aliphatic carbocycles. The van der Waals surface area contributed by atoms with E-state index in [1.54, 1.807) is 12.1 Å². The molecule has 1 aromatic rings. The van der Waals surface area contributed by atoms with E-state index in [1.807, 2.05) is 13.8 Å². The van der Waals surface area contributed by atoms with Crippen LogP contribution in [0.1, 0.15) is 19.4 Å². The number of rotatable bonds is 8. The van der Waals surface area contributed by atoms with Crippen LogP contribution in [0.25, 0.3) is 0 Å². The topological polar surface area (TPSA) is 89.0 Å². The van der Waals surface area contributed by atoms with Crippen LogP contribution in [-0.2, 0) is 9.59 Å². The summed E-state index contributed by atoms with van der Waals surface area (Å²) in [5.74, 6) is -0.479. The van der Waals surface area contributed by atoms with Crippen LogP contribution in [0.3, 0.4) is 0 Å². The van der Waals surface area contributed by atoms with Gasteiger partial charge in [0, 0.05) is 6.54 Å². The molecule has 130 valence electrons. The van der Waals surface area contributed by atoms with Gasteiger partial charge in [-0.05, 0) is 47.5 Å². The highest BCUT2D eigenvalue weighted by Gasteiger charge is 2.12. The van der Waals surface area contributed by atoms with Gasteiger partial charge >= 0.3 is 11.8 Å². The van der Waals surface area contributed by atoms with Crippen LogP contribution in [0.2, 0.25) is 0 Å². The molecule has 0 unspecified atom stereocenters. The zero-order chi connectivity index (χ0) is 17.9. The van der Waals surface area contributed by atoms with Crippen molar-refractivity contribution in [1.29, 1.82) is 0 Å². The summed E-state index contributed by atoms with van der Waals surface area (Å²) in [5.41, 5.74) is 2.81. The van der Waals surface area contributed by atoms with Crippen LogP contribution in [0.5, 0.6) is 11.5 Å². The normalized spacial score (nSPS) is 10.3. The Kier molecular flexibility index (Phi) is 8.56. The summed E-state index contributed by atoms with van der Waals surface area (Å²) in [6.07, 6.45) is 2.88. The third-order valence-electron chi connectivity index (χ3n) is 2.61. The number of amides is 2. The van der Waals surface area contributed by atoms with Crippen LogP contribution in [-0.4, -0.2) is 37.8 Å². The van der Waals surface area contributed by atoms with Crippen molar-refractivity contribution in [3.8, 4) is 11.5 Å². The molecule has 0 aliphatic rings. The van der Waals surface area contributed by atoms with E-state index in [2.05, 4.69) is 38.4 Å². The molecule has 0 saturated heterocycles. The predicted molar refractivity (Wildman–Crippen MR) is 95.4 cm³/mol. The summed E-state index contributed by atoms with van der Waals surface area (Å²) in [5, 5.41) is 6.11. The zero-order valence-corrected chi connectivity index (χ0v) is 15.2. The number of ether oxygens (including phenoxy) is 2. The monoisotopic (exact) mass is 397 g/mol. The van der Waals surface area contributed by atoms with Gasteiger partial charge in [-0.15, -0.1) is 6.58 Å². The lowest BCUT2D eigenvalue weighted by atomic mass is 10.2. The van der Waals surface area contributed by atoms with Gasteiger partial charge in [-0.3, -0.25) is 9.59 Å². The Hall–Kier alpha value is -2.35. The van der Waals surface area contributed by atoms with E-state index in [1.165, 1.54) is 12.3 Å². The van der Waals surface area contributed by atoms with Crippen LogP contribution in [0.15, 0.2) is 34.4 Å². The van der Waals surface area contributed by atoms with Crippen molar-refractivity contribution >= 4 is 34.0 Å². The summed E-state index contributed by atoms with van der Waals surface area (Å²) < 4.78 is 11.8. The fraction of sp³-hybridized carbons (Fsp3) is 0.312. The third kappa shape index (κ3) is 6.04. The minimum Gasteiger partial charge on any atom is -0.490 e. The molecule has 2 amide bonds. The Bertz CT molecular complexity index is 632.